The Bertz CT molecular complexity index is 360. The third-order valence-corrected chi connectivity index (χ3v) is 2.80. The quantitative estimate of drug-likeness (QED) is 0.770. The molecule has 1 N–H and O–H groups in total. The summed E-state index contributed by atoms with van der Waals surface area (Å²) in [5.74, 6) is 0. The summed E-state index contributed by atoms with van der Waals surface area (Å²) in [6.45, 7) is 0.821. The molecule has 0 bridgehead atoms. The van der Waals surface area contributed by atoms with E-state index in [1.165, 1.54) is 5.56 Å². The zero-order valence-corrected chi connectivity index (χ0v) is 10.9. The van der Waals surface area contributed by atoms with Gasteiger partial charge >= 0.3 is 6.18 Å². The largest absolute Gasteiger partial charge is 0.411 e. The third-order valence-electron chi connectivity index (χ3n) is 2.80. The van der Waals surface area contributed by atoms with Crippen molar-refractivity contribution in [1.29, 1.82) is 0 Å². The molecule has 19 heavy (non-hydrogen) atoms. The molecule has 0 spiro atoms. The van der Waals surface area contributed by atoms with Crippen LogP contribution in [0.3, 0.4) is 0 Å². The average Bonchev–Trinajstić information content (AvgIpc) is 2.37. The lowest BCUT2D eigenvalue weighted by molar-refractivity contribution is -0.174. The van der Waals surface area contributed by atoms with Crippen molar-refractivity contribution in [3.05, 3.63) is 35.4 Å². The first-order chi connectivity index (χ1) is 8.92. The molecule has 1 aromatic rings. The van der Waals surface area contributed by atoms with Gasteiger partial charge in [-0.1, -0.05) is 31.2 Å². The van der Waals surface area contributed by atoms with Crippen molar-refractivity contribution < 1.29 is 23.0 Å². The number of rotatable bonds is 7. The first kappa shape index (κ1) is 16.0. The zero-order chi connectivity index (χ0) is 14.3. The number of hydrogen-bond donors (Lipinski definition) is 1. The van der Waals surface area contributed by atoms with E-state index in [1.807, 2.05) is 31.2 Å². The Hall–Kier alpha value is -1.07. The van der Waals surface area contributed by atoms with Crippen molar-refractivity contribution in [2.75, 3.05) is 13.2 Å². The Morgan fingerprint density at radius 3 is 2.37 bits per heavy atom. The average molecular weight is 276 g/mol. The molecule has 0 aliphatic rings. The molecule has 0 radical (unpaired) electrons. The van der Waals surface area contributed by atoms with Crippen molar-refractivity contribution in [2.24, 2.45) is 0 Å². The van der Waals surface area contributed by atoms with Crippen molar-refractivity contribution in [2.45, 2.75) is 38.5 Å². The monoisotopic (exact) mass is 276 g/mol. The maximum atomic E-state index is 11.8. The van der Waals surface area contributed by atoms with Crippen LogP contribution >= 0.6 is 0 Å². The molecule has 1 atom stereocenters. The number of halogens is 3. The van der Waals surface area contributed by atoms with Gasteiger partial charge in [0.15, 0.2) is 0 Å². The zero-order valence-electron chi connectivity index (χ0n) is 10.9. The van der Waals surface area contributed by atoms with Gasteiger partial charge in [-0.3, -0.25) is 0 Å². The van der Waals surface area contributed by atoms with Crippen LogP contribution in [0, 0.1) is 0 Å². The highest BCUT2D eigenvalue weighted by Gasteiger charge is 2.27. The van der Waals surface area contributed by atoms with Gasteiger partial charge in [0, 0.05) is 6.61 Å². The van der Waals surface area contributed by atoms with Gasteiger partial charge in [-0.2, -0.15) is 13.2 Å². The molecular weight excluding hydrogens is 257 g/mol. The number of aliphatic hydroxyl groups is 1. The van der Waals surface area contributed by atoms with Crippen molar-refractivity contribution >= 4 is 0 Å². The number of aliphatic hydroxyl groups excluding tert-OH is 1. The lowest BCUT2D eigenvalue weighted by atomic mass is 10.0. The van der Waals surface area contributed by atoms with E-state index in [-0.39, 0.29) is 6.61 Å². The first-order valence-electron chi connectivity index (χ1n) is 6.34. The molecule has 5 heteroatoms. The molecule has 1 aromatic carbocycles. The minimum atomic E-state index is -4.28. The Balaban J connectivity index is 2.25. The summed E-state index contributed by atoms with van der Waals surface area (Å²) in [5, 5.41) is 9.87. The molecule has 0 fully saturated rings. The predicted molar refractivity (Wildman–Crippen MR) is 66.9 cm³/mol. The highest BCUT2D eigenvalue weighted by Crippen LogP contribution is 2.19. The van der Waals surface area contributed by atoms with Crippen LogP contribution in [0.2, 0.25) is 0 Å². The fourth-order valence-electron chi connectivity index (χ4n) is 1.71. The summed E-state index contributed by atoms with van der Waals surface area (Å²) in [7, 11) is 0. The summed E-state index contributed by atoms with van der Waals surface area (Å²) in [5.41, 5.74) is 1.97. The van der Waals surface area contributed by atoms with Gasteiger partial charge in [-0.15, -0.1) is 0 Å². The third kappa shape index (κ3) is 6.59. The van der Waals surface area contributed by atoms with Crippen LogP contribution in [-0.2, 0) is 11.2 Å². The maximum Gasteiger partial charge on any atom is 0.411 e. The summed E-state index contributed by atoms with van der Waals surface area (Å²) in [6, 6.07) is 7.58. The van der Waals surface area contributed by atoms with Gasteiger partial charge in [0.1, 0.15) is 6.61 Å². The van der Waals surface area contributed by atoms with E-state index >= 15 is 0 Å². The second kappa shape index (κ2) is 7.50. The van der Waals surface area contributed by atoms with Crippen LogP contribution in [0.25, 0.3) is 0 Å². The summed E-state index contributed by atoms with van der Waals surface area (Å²) in [4.78, 5) is 0. The van der Waals surface area contributed by atoms with E-state index in [4.69, 9.17) is 0 Å². The van der Waals surface area contributed by atoms with Crippen LogP contribution in [0.15, 0.2) is 24.3 Å². The Kier molecular flexibility index (Phi) is 6.31. The van der Waals surface area contributed by atoms with Crippen molar-refractivity contribution in [1.82, 2.24) is 0 Å². The SMILES string of the molecule is CCc1ccc(C(O)CCCOCC(F)(F)F)cc1. The number of alkyl halides is 3. The predicted octanol–water partition coefficient (Wildman–Crippen LogP) is 3.64. The van der Waals surface area contributed by atoms with E-state index in [9.17, 15) is 18.3 Å². The Labute approximate surface area is 111 Å². The first-order valence-corrected chi connectivity index (χ1v) is 6.34. The molecule has 0 amide bonds. The van der Waals surface area contributed by atoms with Gasteiger partial charge in [0.25, 0.3) is 0 Å². The Morgan fingerprint density at radius 2 is 1.84 bits per heavy atom. The summed E-state index contributed by atoms with van der Waals surface area (Å²) >= 11 is 0. The fraction of sp³-hybridized carbons (Fsp3) is 0.571. The summed E-state index contributed by atoms with van der Waals surface area (Å²) < 4.78 is 39.9. The minimum absolute atomic E-state index is 0.00358. The van der Waals surface area contributed by atoms with Crippen LogP contribution < -0.4 is 0 Å². The van der Waals surface area contributed by atoms with Gasteiger partial charge in [-0.25, -0.2) is 0 Å². The molecule has 1 unspecified atom stereocenters. The Morgan fingerprint density at radius 1 is 1.21 bits per heavy atom. The number of hydrogen-bond acceptors (Lipinski definition) is 2. The van der Waals surface area contributed by atoms with E-state index in [1.54, 1.807) is 0 Å². The highest BCUT2D eigenvalue weighted by molar-refractivity contribution is 5.23. The van der Waals surface area contributed by atoms with Crippen molar-refractivity contribution in [3.63, 3.8) is 0 Å². The highest BCUT2D eigenvalue weighted by atomic mass is 19.4. The number of ether oxygens (including phenoxy) is 1. The smallest absolute Gasteiger partial charge is 0.388 e. The normalized spacial score (nSPS) is 13.5. The minimum Gasteiger partial charge on any atom is -0.388 e. The van der Waals surface area contributed by atoms with Crippen LogP contribution in [-0.4, -0.2) is 24.5 Å². The molecule has 0 aliphatic carbocycles. The summed E-state index contributed by atoms with van der Waals surface area (Å²) in [6.07, 6.45) is -3.22. The second-order valence-corrected chi connectivity index (χ2v) is 4.42. The van der Waals surface area contributed by atoms with E-state index in [0.717, 1.165) is 12.0 Å². The van der Waals surface area contributed by atoms with Crippen LogP contribution in [0.5, 0.6) is 0 Å². The molecule has 2 nitrogen and oxygen atoms in total. The van der Waals surface area contributed by atoms with E-state index in [0.29, 0.717) is 12.8 Å². The lowest BCUT2D eigenvalue weighted by Gasteiger charge is -2.12. The van der Waals surface area contributed by atoms with Crippen LogP contribution in [0.1, 0.15) is 37.0 Å². The second-order valence-electron chi connectivity index (χ2n) is 4.42. The van der Waals surface area contributed by atoms with Crippen molar-refractivity contribution in [3.8, 4) is 0 Å². The topological polar surface area (TPSA) is 29.5 Å². The van der Waals surface area contributed by atoms with Gasteiger partial charge < -0.3 is 9.84 Å². The molecule has 108 valence electrons. The molecule has 0 saturated carbocycles. The van der Waals surface area contributed by atoms with Gasteiger partial charge in [-0.05, 0) is 30.4 Å². The molecule has 0 aliphatic heterocycles. The molecular formula is C14H19F3O2. The van der Waals surface area contributed by atoms with Gasteiger partial charge in [0.2, 0.25) is 0 Å². The molecule has 1 rings (SSSR count). The molecule has 0 saturated heterocycles. The van der Waals surface area contributed by atoms with Gasteiger partial charge in [0.05, 0.1) is 6.10 Å². The van der Waals surface area contributed by atoms with Crippen LogP contribution in [0.4, 0.5) is 13.2 Å². The van der Waals surface area contributed by atoms with E-state index in [2.05, 4.69) is 4.74 Å². The molecule has 0 aromatic heterocycles. The van der Waals surface area contributed by atoms with E-state index < -0.39 is 18.9 Å². The molecule has 0 heterocycles. The number of benzene rings is 1. The maximum absolute atomic E-state index is 11.8. The standard InChI is InChI=1S/C14H19F3O2/c1-2-11-5-7-12(8-6-11)13(18)4-3-9-19-10-14(15,16)17/h5-8,13,18H,2-4,9-10H2,1H3. The lowest BCUT2D eigenvalue weighted by Crippen LogP contribution is -2.17. The fourth-order valence-corrected chi connectivity index (χ4v) is 1.71. The number of aryl methyl sites for hydroxylation is 1.